The van der Waals surface area contributed by atoms with Gasteiger partial charge in [-0.25, -0.2) is 9.18 Å². The molecule has 4 N–H and O–H groups in total. The topological polar surface area (TPSA) is 111 Å². The van der Waals surface area contributed by atoms with Crippen LogP contribution in [0.25, 0.3) is 0 Å². The standard InChI is InChI=1S/C9H11ClFN3O4/c10-9(11)6(16)4(3-15)18-7(9)14-2-1-5(12)13-8(14)17/h1-2,4,6-7,15-16H,3H2,(H2,12,13,17)/t4-,6?,7-,9?/m1/s1. The van der Waals surface area contributed by atoms with E-state index >= 15 is 0 Å². The lowest BCUT2D eigenvalue weighted by atomic mass is 10.1. The van der Waals surface area contributed by atoms with Gasteiger partial charge in [0.15, 0.2) is 6.23 Å². The first-order valence-corrected chi connectivity index (χ1v) is 5.42. The highest BCUT2D eigenvalue weighted by atomic mass is 35.5. The van der Waals surface area contributed by atoms with Crippen LogP contribution in [0.3, 0.4) is 0 Å². The van der Waals surface area contributed by atoms with E-state index in [2.05, 4.69) is 4.98 Å². The van der Waals surface area contributed by atoms with Gasteiger partial charge in [-0.05, 0) is 6.07 Å². The Morgan fingerprint density at radius 1 is 1.72 bits per heavy atom. The SMILES string of the molecule is Nc1ccn([C@@H]2O[C@H](CO)C(O)C2(F)Cl)c(=O)n1. The summed E-state index contributed by atoms with van der Waals surface area (Å²) in [6.07, 6.45) is -3.43. The monoisotopic (exact) mass is 279 g/mol. The molecule has 4 atom stereocenters. The number of nitrogens with zero attached hydrogens (tertiary/aromatic N) is 2. The van der Waals surface area contributed by atoms with Gasteiger partial charge in [0.05, 0.1) is 6.61 Å². The van der Waals surface area contributed by atoms with Crippen molar-refractivity contribution in [1.29, 1.82) is 0 Å². The maximum Gasteiger partial charge on any atom is 0.351 e. The highest BCUT2D eigenvalue weighted by Gasteiger charge is 2.57. The predicted molar refractivity (Wildman–Crippen MR) is 59.6 cm³/mol. The van der Waals surface area contributed by atoms with Gasteiger partial charge in [0.2, 0.25) is 0 Å². The number of alkyl halides is 2. The summed E-state index contributed by atoms with van der Waals surface area (Å²) < 4.78 is 19.9. The fraction of sp³-hybridized carbons (Fsp3) is 0.556. The first-order valence-electron chi connectivity index (χ1n) is 5.04. The second-order valence-electron chi connectivity index (χ2n) is 3.87. The Morgan fingerprint density at radius 3 is 2.89 bits per heavy atom. The number of anilines is 1. The number of ether oxygens (including phenoxy) is 1. The average molecular weight is 280 g/mol. The molecule has 0 amide bonds. The summed E-state index contributed by atoms with van der Waals surface area (Å²) in [5, 5.41) is 15.7. The van der Waals surface area contributed by atoms with Crippen molar-refractivity contribution in [3.8, 4) is 0 Å². The minimum absolute atomic E-state index is 0.0347. The third-order valence-corrected chi connectivity index (χ3v) is 3.07. The van der Waals surface area contributed by atoms with Crippen LogP contribution in [-0.4, -0.2) is 43.7 Å². The van der Waals surface area contributed by atoms with E-state index in [4.69, 9.17) is 27.2 Å². The quantitative estimate of drug-likeness (QED) is 0.598. The van der Waals surface area contributed by atoms with Crippen LogP contribution in [0.2, 0.25) is 0 Å². The molecule has 2 heterocycles. The largest absolute Gasteiger partial charge is 0.394 e. The van der Waals surface area contributed by atoms with Crippen molar-refractivity contribution in [3.05, 3.63) is 22.7 Å². The van der Waals surface area contributed by atoms with E-state index in [9.17, 15) is 14.3 Å². The molecule has 0 aliphatic carbocycles. The van der Waals surface area contributed by atoms with Gasteiger partial charge in [-0.2, -0.15) is 4.98 Å². The molecule has 0 aromatic carbocycles. The lowest BCUT2D eigenvalue weighted by Gasteiger charge is -2.22. The fourth-order valence-electron chi connectivity index (χ4n) is 1.72. The molecule has 2 unspecified atom stereocenters. The van der Waals surface area contributed by atoms with Crippen molar-refractivity contribution in [2.24, 2.45) is 0 Å². The number of hydrogen-bond acceptors (Lipinski definition) is 6. The molecular formula is C9H11ClFN3O4. The Kier molecular flexibility index (Phi) is 3.28. The minimum Gasteiger partial charge on any atom is -0.394 e. The summed E-state index contributed by atoms with van der Waals surface area (Å²) in [5.41, 5.74) is 4.43. The number of nitrogen functional groups attached to an aromatic ring is 1. The smallest absolute Gasteiger partial charge is 0.351 e. The molecule has 0 radical (unpaired) electrons. The van der Waals surface area contributed by atoms with Crippen LogP contribution in [0.1, 0.15) is 6.23 Å². The van der Waals surface area contributed by atoms with Gasteiger partial charge < -0.3 is 20.7 Å². The molecule has 9 heteroatoms. The van der Waals surface area contributed by atoms with Crippen molar-refractivity contribution < 1.29 is 19.3 Å². The van der Waals surface area contributed by atoms with Gasteiger partial charge in [0.1, 0.15) is 18.0 Å². The Hall–Kier alpha value is -1.22. The predicted octanol–water partition coefficient (Wildman–Crippen LogP) is -1.02. The van der Waals surface area contributed by atoms with Crippen LogP contribution >= 0.6 is 11.6 Å². The van der Waals surface area contributed by atoms with Gasteiger partial charge in [0, 0.05) is 6.20 Å². The van der Waals surface area contributed by atoms with Crippen LogP contribution in [0.5, 0.6) is 0 Å². The first kappa shape index (κ1) is 13.2. The first-order chi connectivity index (χ1) is 8.37. The van der Waals surface area contributed by atoms with Crippen molar-refractivity contribution in [2.75, 3.05) is 12.3 Å². The van der Waals surface area contributed by atoms with Gasteiger partial charge in [0.25, 0.3) is 5.13 Å². The zero-order chi connectivity index (χ0) is 13.5. The summed E-state index contributed by atoms with van der Waals surface area (Å²) >= 11 is 5.53. The third-order valence-electron chi connectivity index (χ3n) is 2.66. The molecule has 1 saturated heterocycles. The van der Waals surface area contributed by atoms with Crippen molar-refractivity contribution >= 4 is 17.4 Å². The lowest BCUT2D eigenvalue weighted by molar-refractivity contribution is -0.0517. The van der Waals surface area contributed by atoms with E-state index in [0.29, 0.717) is 0 Å². The van der Waals surface area contributed by atoms with Crippen molar-refractivity contribution in [3.63, 3.8) is 0 Å². The summed E-state index contributed by atoms with van der Waals surface area (Å²) in [7, 11) is 0. The molecule has 0 bridgehead atoms. The molecule has 7 nitrogen and oxygen atoms in total. The zero-order valence-corrected chi connectivity index (χ0v) is 9.79. The van der Waals surface area contributed by atoms with Crippen LogP contribution in [0.4, 0.5) is 10.2 Å². The maximum absolute atomic E-state index is 14.1. The van der Waals surface area contributed by atoms with E-state index in [1.165, 1.54) is 6.07 Å². The summed E-state index contributed by atoms with van der Waals surface area (Å²) in [6, 6.07) is 1.26. The lowest BCUT2D eigenvalue weighted by Crippen LogP contribution is -2.41. The molecular weight excluding hydrogens is 269 g/mol. The van der Waals surface area contributed by atoms with Gasteiger partial charge in [-0.15, -0.1) is 0 Å². The number of rotatable bonds is 2. The number of aliphatic hydroxyl groups is 2. The van der Waals surface area contributed by atoms with Crippen LogP contribution in [0.15, 0.2) is 17.1 Å². The number of hydrogen-bond donors (Lipinski definition) is 3. The summed E-state index contributed by atoms with van der Waals surface area (Å²) in [5.74, 6) is -0.0347. The molecule has 1 aliphatic heterocycles. The maximum atomic E-state index is 14.1. The second-order valence-corrected chi connectivity index (χ2v) is 4.45. The average Bonchev–Trinajstić information content (AvgIpc) is 2.52. The summed E-state index contributed by atoms with van der Waals surface area (Å²) in [4.78, 5) is 14.9. The Labute approximate surface area is 106 Å². The van der Waals surface area contributed by atoms with Crippen LogP contribution < -0.4 is 11.4 Å². The molecule has 1 aromatic heterocycles. The molecule has 18 heavy (non-hydrogen) atoms. The van der Waals surface area contributed by atoms with E-state index in [1.54, 1.807) is 0 Å². The number of aromatic nitrogens is 2. The molecule has 2 rings (SSSR count). The highest BCUT2D eigenvalue weighted by Crippen LogP contribution is 2.43. The molecule has 1 fully saturated rings. The van der Waals surface area contributed by atoms with Crippen molar-refractivity contribution in [2.45, 2.75) is 23.6 Å². The van der Waals surface area contributed by atoms with Crippen molar-refractivity contribution in [1.82, 2.24) is 9.55 Å². The molecule has 1 aromatic rings. The normalized spacial score (nSPS) is 35.9. The van der Waals surface area contributed by atoms with E-state index < -0.39 is 35.9 Å². The third kappa shape index (κ3) is 1.97. The minimum atomic E-state index is -2.74. The second kappa shape index (κ2) is 4.47. The van der Waals surface area contributed by atoms with Gasteiger partial charge in [-0.3, -0.25) is 4.57 Å². The van der Waals surface area contributed by atoms with E-state index in [-0.39, 0.29) is 5.82 Å². The van der Waals surface area contributed by atoms with Crippen LogP contribution in [-0.2, 0) is 4.74 Å². The Balaban J connectivity index is 2.42. The fourth-order valence-corrected chi connectivity index (χ4v) is 2.02. The highest BCUT2D eigenvalue weighted by molar-refractivity contribution is 6.23. The van der Waals surface area contributed by atoms with Gasteiger partial charge >= 0.3 is 5.69 Å². The molecule has 1 aliphatic rings. The van der Waals surface area contributed by atoms with E-state index in [1.807, 2.05) is 0 Å². The number of aliphatic hydroxyl groups excluding tert-OH is 2. The van der Waals surface area contributed by atoms with Gasteiger partial charge in [-0.1, -0.05) is 11.6 Å². The molecule has 0 saturated carbocycles. The Morgan fingerprint density at radius 2 is 2.39 bits per heavy atom. The van der Waals surface area contributed by atoms with E-state index in [0.717, 1.165) is 10.8 Å². The zero-order valence-electron chi connectivity index (χ0n) is 9.03. The molecule has 100 valence electrons. The summed E-state index contributed by atoms with van der Waals surface area (Å²) in [6.45, 7) is -0.632. The Bertz CT molecular complexity index is 509. The van der Waals surface area contributed by atoms with Crippen LogP contribution in [0, 0.1) is 0 Å². The number of halogens is 2. The number of nitrogens with two attached hydrogens (primary N) is 1. The molecule has 0 spiro atoms.